The summed E-state index contributed by atoms with van der Waals surface area (Å²) in [6, 6.07) is 7.77. The number of nitrogens with zero attached hydrogens (tertiary/aromatic N) is 3. The van der Waals surface area contributed by atoms with Crippen molar-refractivity contribution in [3.8, 4) is 5.69 Å². The van der Waals surface area contributed by atoms with Gasteiger partial charge in [-0.1, -0.05) is 6.07 Å². The average Bonchev–Trinajstić information content (AvgIpc) is 3.28. The van der Waals surface area contributed by atoms with E-state index in [1.54, 1.807) is 27.8 Å². The third-order valence-electron chi connectivity index (χ3n) is 3.76. The summed E-state index contributed by atoms with van der Waals surface area (Å²) >= 11 is 0. The maximum Gasteiger partial charge on any atom is 0.323 e. The van der Waals surface area contributed by atoms with Crippen LogP contribution in [0.4, 0.5) is 15.0 Å². The summed E-state index contributed by atoms with van der Waals surface area (Å²) in [5.74, 6) is 0.0613. The third-order valence-corrected chi connectivity index (χ3v) is 3.76. The number of amides is 2. The van der Waals surface area contributed by atoms with Gasteiger partial charge in [0.25, 0.3) is 0 Å². The molecule has 0 radical (unpaired) electrons. The normalized spacial score (nSPS) is 13.9. The lowest BCUT2D eigenvalue weighted by atomic mass is 10.3. The zero-order valence-corrected chi connectivity index (χ0v) is 12.9. The van der Waals surface area contributed by atoms with E-state index < -0.39 is 0 Å². The van der Waals surface area contributed by atoms with Crippen LogP contribution in [0.5, 0.6) is 0 Å². The third kappa shape index (κ3) is 3.50. The maximum absolute atomic E-state index is 13.3. The van der Waals surface area contributed by atoms with E-state index in [0.29, 0.717) is 18.1 Å². The van der Waals surface area contributed by atoms with E-state index in [2.05, 4.69) is 10.4 Å². The molecule has 0 saturated heterocycles. The number of carbonyl (C=O) groups excluding carboxylic acids is 1. The molecule has 2 N–H and O–H groups in total. The van der Waals surface area contributed by atoms with E-state index in [1.165, 1.54) is 12.1 Å². The van der Waals surface area contributed by atoms with Crippen LogP contribution < -0.4 is 5.32 Å². The summed E-state index contributed by atoms with van der Waals surface area (Å²) in [7, 11) is 0. The van der Waals surface area contributed by atoms with Crippen LogP contribution in [0.2, 0.25) is 0 Å². The molecule has 1 saturated carbocycles. The summed E-state index contributed by atoms with van der Waals surface area (Å²) < 4.78 is 14.9. The molecule has 122 valence electrons. The number of benzene rings is 1. The van der Waals surface area contributed by atoms with Gasteiger partial charge in [0.05, 0.1) is 12.3 Å². The molecule has 1 aliphatic carbocycles. The molecule has 0 atom stereocenters. The van der Waals surface area contributed by atoms with Crippen molar-refractivity contribution >= 4 is 11.8 Å². The quantitative estimate of drug-likeness (QED) is 0.889. The zero-order chi connectivity index (χ0) is 16.4. The number of hydrogen-bond acceptors (Lipinski definition) is 3. The predicted molar refractivity (Wildman–Crippen MR) is 84.1 cm³/mol. The van der Waals surface area contributed by atoms with Gasteiger partial charge < -0.3 is 10.0 Å². The molecule has 0 bridgehead atoms. The van der Waals surface area contributed by atoms with Crippen LogP contribution >= 0.6 is 0 Å². The topological polar surface area (TPSA) is 70.4 Å². The molecule has 1 heterocycles. The fourth-order valence-electron chi connectivity index (χ4n) is 2.53. The van der Waals surface area contributed by atoms with Crippen molar-refractivity contribution in [2.45, 2.75) is 25.8 Å². The molecule has 1 aliphatic rings. The van der Waals surface area contributed by atoms with E-state index in [9.17, 15) is 9.18 Å². The van der Waals surface area contributed by atoms with Gasteiger partial charge in [-0.3, -0.25) is 5.32 Å². The van der Waals surface area contributed by atoms with Crippen LogP contribution in [0.15, 0.2) is 30.3 Å². The van der Waals surface area contributed by atoms with Crippen LogP contribution in [0.25, 0.3) is 5.69 Å². The van der Waals surface area contributed by atoms with Crippen LogP contribution in [-0.2, 0) is 0 Å². The fraction of sp³-hybridized carbons (Fsp3) is 0.375. The Morgan fingerprint density at radius 3 is 2.91 bits per heavy atom. The Labute approximate surface area is 133 Å². The van der Waals surface area contributed by atoms with Gasteiger partial charge in [0.1, 0.15) is 5.82 Å². The number of anilines is 1. The monoisotopic (exact) mass is 318 g/mol. The highest BCUT2D eigenvalue weighted by atomic mass is 19.1. The van der Waals surface area contributed by atoms with Crippen LogP contribution in [0.3, 0.4) is 0 Å². The Balaban J connectivity index is 1.76. The van der Waals surface area contributed by atoms with Crippen molar-refractivity contribution in [3.63, 3.8) is 0 Å². The smallest absolute Gasteiger partial charge is 0.323 e. The summed E-state index contributed by atoms with van der Waals surface area (Å²) in [6.45, 7) is 2.07. The van der Waals surface area contributed by atoms with Gasteiger partial charge in [-0.15, -0.1) is 5.10 Å². The molecule has 23 heavy (non-hydrogen) atoms. The van der Waals surface area contributed by atoms with Gasteiger partial charge in [-0.05, 0) is 38.0 Å². The summed E-state index contributed by atoms with van der Waals surface area (Å²) in [4.78, 5) is 13.9. The van der Waals surface area contributed by atoms with E-state index in [4.69, 9.17) is 5.11 Å². The molecule has 3 rings (SSSR count). The number of rotatable bonds is 5. The van der Waals surface area contributed by atoms with E-state index >= 15 is 0 Å². The number of aryl methyl sites for hydroxylation is 1. The van der Waals surface area contributed by atoms with Crippen LogP contribution in [0, 0.1) is 12.7 Å². The van der Waals surface area contributed by atoms with Crippen molar-refractivity contribution in [1.29, 1.82) is 0 Å². The van der Waals surface area contributed by atoms with Crippen molar-refractivity contribution in [3.05, 3.63) is 41.8 Å². The highest BCUT2D eigenvalue weighted by Gasteiger charge is 2.32. The minimum atomic E-state index is -0.342. The molecule has 0 aliphatic heterocycles. The molecular formula is C16H19FN4O2. The van der Waals surface area contributed by atoms with Crippen LogP contribution in [-0.4, -0.2) is 45.0 Å². The number of halogens is 1. The molecule has 2 amide bonds. The molecule has 0 spiro atoms. The second kappa shape index (κ2) is 6.37. The number of hydrogen-bond donors (Lipinski definition) is 2. The maximum atomic E-state index is 13.3. The van der Waals surface area contributed by atoms with E-state index in [1.807, 2.05) is 6.92 Å². The Morgan fingerprint density at radius 1 is 1.48 bits per heavy atom. The fourth-order valence-corrected chi connectivity index (χ4v) is 2.53. The van der Waals surface area contributed by atoms with Gasteiger partial charge in [0.2, 0.25) is 0 Å². The van der Waals surface area contributed by atoms with Crippen molar-refractivity contribution in [2.24, 2.45) is 0 Å². The van der Waals surface area contributed by atoms with Crippen molar-refractivity contribution in [1.82, 2.24) is 14.7 Å². The van der Waals surface area contributed by atoms with Crippen LogP contribution in [0.1, 0.15) is 18.5 Å². The van der Waals surface area contributed by atoms with E-state index in [0.717, 1.165) is 18.5 Å². The first-order valence-corrected chi connectivity index (χ1v) is 7.59. The number of aliphatic hydroxyl groups is 1. The lowest BCUT2D eigenvalue weighted by molar-refractivity contribution is 0.185. The highest BCUT2D eigenvalue weighted by Crippen LogP contribution is 2.27. The molecule has 1 aromatic carbocycles. The van der Waals surface area contributed by atoms with Gasteiger partial charge in [-0.2, -0.15) is 0 Å². The first-order valence-electron chi connectivity index (χ1n) is 7.59. The largest absolute Gasteiger partial charge is 0.395 e. The molecule has 1 aromatic heterocycles. The minimum Gasteiger partial charge on any atom is -0.395 e. The molecule has 6 nitrogen and oxygen atoms in total. The SMILES string of the molecule is Cc1cc(NC(=O)N(CCO)C2CC2)nn1-c1cccc(F)c1. The average molecular weight is 318 g/mol. The molecular weight excluding hydrogens is 299 g/mol. The molecule has 7 heteroatoms. The predicted octanol–water partition coefficient (Wildman–Crippen LogP) is 2.31. The van der Waals surface area contributed by atoms with Gasteiger partial charge in [-0.25, -0.2) is 13.9 Å². The van der Waals surface area contributed by atoms with Crippen molar-refractivity contribution in [2.75, 3.05) is 18.5 Å². The highest BCUT2D eigenvalue weighted by molar-refractivity contribution is 5.88. The summed E-state index contributed by atoms with van der Waals surface area (Å²) in [6.07, 6.45) is 1.92. The molecule has 2 aromatic rings. The van der Waals surface area contributed by atoms with Gasteiger partial charge in [0.15, 0.2) is 5.82 Å². The zero-order valence-electron chi connectivity index (χ0n) is 12.9. The molecule has 1 fully saturated rings. The summed E-state index contributed by atoms with van der Waals surface area (Å²) in [5.41, 5.74) is 1.38. The lowest BCUT2D eigenvalue weighted by Gasteiger charge is -2.20. The Hall–Kier alpha value is -2.41. The number of nitrogens with one attached hydrogen (secondary N) is 1. The van der Waals surface area contributed by atoms with E-state index in [-0.39, 0.29) is 24.5 Å². The Kier molecular flexibility index (Phi) is 4.29. The lowest BCUT2D eigenvalue weighted by Crippen LogP contribution is -2.38. The Bertz CT molecular complexity index is 712. The van der Waals surface area contributed by atoms with Gasteiger partial charge >= 0.3 is 6.03 Å². The second-order valence-electron chi connectivity index (χ2n) is 5.64. The first-order chi connectivity index (χ1) is 11.1. The first kappa shape index (κ1) is 15.5. The standard InChI is InChI=1S/C16H19FN4O2/c1-11-9-15(18-16(23)20(7-8-22)13-5-6-13)19-21(11)14-4-2-3-12(17)10-14/h2-4,9-10,13,22H,5-8H2,1H3,(H,18,19,23). The number of carbonyl (C=O) groups is 1. The second-order valence-corrected chi connectivity index (χ2v) is 5.64. The van der Waals surface area contributed by atoms with Gasteiger partial charge in [0, 0.05) is 24.3 Å². The minimum absolute atomic E-state index is 0.0688. The number of urea groups is 1. The van der Waals surface area contributed by atoms with Crippen molar-refractivity contribution < 1.29 is 14.3 Å². The number of aliphatic hydroxyl groups excluding tert-OH is 1. The number of aromatic nitrogens is 2. The Morgan fingerprint density at radius 2 is 2.26 bits per heavy atom. The summed E-state index contributed by atoms with van der Waals surface area (Å²) in [5, 5.41) is 16.1. The molecule has 0 unspecified atom stereocenters.